The molecule has 0 aromatic carbocycles. The summed E-state index contributed by atoms with van der Waals surface area (Å²) in [7, 11) is 1.87. The van der Waals surface area contributed by atoms with Crippen molar-refractivity contribution >= 4 is 16.9 Å². The van der Waals surface area contributed by atoms with Crippen molar-refractivity contribution in [3.63, 3.8) is 0 Å². The third kappa shape index (κ3) is 1.64. The van der Waals surface area contributed by atoms with Gasteiger partial charge in [0.05, 0.1) is 11.9 Å². The van der Waals surface area contributed by atoms with Gasteiger partial charge in [-0.15, -0.1) is 0 Å². The summed E-state index contributed by atoms with van der Waals surface area (Å²) >= 11 is 0. The summed E-state index contributed by atoms with van der Waals surface area (Å²) < 4.78 is 28.2. The van der Waals surface area contributed by atoms with Crippen molar-refractivity contribution < 1.29 is 8.78 Å². The molecule has 0 aliphatic carbocycles. The van der Waals surface area contributed by atoms with Crippen LogP contribution in [0.15, 0.2) is 18.6 Å². The Kier molecular flexibility index (Phi) is 2.08. The van der Waals surface area contributed by atoms with Crippen LogP contribution in [0, 0.1) is 0 Å². The molecule has 0 unspecified atom stereocenters. The highest BCUT2D eigenvalue weighted by Gasteiger charge is 2.39. The Hall–Kier alpha value is -1.72. The smallest absolute Gasteiger partial charge is 0.266 e. The molecule has 17 heavy (non-hydrogen) atoms. The van der Waals surface area contributed by atoms with Crippen molar-refractivity contribution in [2.24, 2.45) is 7.05 Å². The van der Waals surface area contributed by atoms with Gasteiger partial charge in [0.1, 0.15) is 17.8 Å². The predicted molar refractivity (Wildman–Crippen MR) is 60.3 cm³/mol. The molecule has 1 aliphatic rings. The number of fused-ring (bicyclic) bond motifs is 1. The van der Waals surface area contributed by atoms with Crippen LogP contribution in [0.1, 0.15) is 6.42 Å². The van der Waals surface area contributed by atoms with Gasteiger partial charge in [0.25, 0.3) is 5.92 Å². The first-order valence-electron chi connectivity index (χ1n) is 5.46. The van der Waals surface area contributed by atoms with Gasteiger partial charge in [0.2, 0.25) is 0 Å². The Morgan fingerprint density at radius 3 is 2.88 bits per heavy atom. The molecule has 3 heterocycles. The Morgan fingerprint density at radius 2 is 2.18 bits per heavy atom. The Balaban J connectivity index is 2.06. The van der Waals surface area contributed by atoms with Crippen LogP contribution < -0.4 is 4.90 Å². The first-order valence-corrected chi connectivity index (χ1v) is 5.46. The summed E-state index contributed by atoms with van der Waals surface area (Å²) in [5.41, 5.74) is 0.769. The Bertz CT molecular complexity index is 564. The van der Waals surface area contributed by atoms with E-state index in [2.05, 4.69) is 9.97 Å². The number of rotatable bonds is 1. The lowest BCUT2D eigenvalue weighted by atomic mass is 10.3. The molecule has 4 nitrogen and oxygen atoms in total. The monoisotopic (exact) mass is 238 g/mol. The number of hydrogen-bond donors (Lipinski definition) is 0. The van der Waals surface area contributed by atoms with Crippen LogP contribution in [-0.2, 0) is 7.05 Å². The van der Waals surface area contributed by atoms with Crippen LogP contribution in [0.4, 0.5) is 14.6 Å². The van der Waals surface area contributed by atoms with Crippen LogP contribution in [0.2, 0.25) is 0 Å². The van der Waals surface area contributed by atoms with Crippen molar-refractivity contribution in [2.75, 3.05) is 18.0 Å². The number of alkyl halides is 2. The Labute approximate surface area is 96.9 Å². The van der Waals surface area contributed by atoms with Crippen LogP contribution >= 0.6 is 0 Å². The first kappa shape index (κ1) is 10.4. The lowest BCUT2D eigenvalue weighted by molar-refractivity contribution is 0.0257. The quantitative estimate of drug-likeness (QED) is 0.759. The van der Waals surface area contributed by atoms with E-state index in [4.69, 9.17) is 0 Å². The van der Waals surface area contributed by atoms with Crippen LogP contribution in [0.5, 0.6) is 0 Å². The number of nitrogens with zero attached hydrogens (tertiary/aromatic N) is 4. The fourth-order valence-electron chi connectivity index (χ4n) is 2.23. The van der Waals surface area contributed by atoms with E-state index in [1.54, 1.807) is 4.90 Å². The number of halogens is 2. The van der Waals surface area contributed by atoms with E-state index in [-0.39, 0.29) is 13.0 Å². The van der Waals surface area contributed by atoms with E-state index in [1.807, 2.05) is 23.9 Å². The normalized spacial score (nSPS) is 19.1. The van der Waals surface area contributed by atoms with Gasteiger partial charge in [-0.3, -0.25) is 0 Å². The standard InChI is InChI=1S/C11H12F2N4/c1-16-4-2-8-9(16)14-7-15-10(8)17-5-3-11(12,13)6-17/h2,4,7H,3,5-6H2,1H3. The molecule has 0 atom stereocenters. The van der Waals surface area contributed by atoms with E-state index < -0.39 is 5.92 Å². The summed E-state index contributed by atoms with van der Waals surface area (Å²) in [5, 5.41) is 0.827. The molecule has 6 heteroatoms. The highest BCUT2D eigenvalue weighted by molar-refractivity contribution is 5.87. The third-order valence-electron chi connectivity index (χ3n) is 3.11. The molecule has 1 aliphatic heterocycles. The maximum Gasteiger partial charge on any atom is 0.266 e. The number of aryl methyl sites for hydroxylation is 1. The second-order valence-electron chi connectivity index (χ2n) is 4.39. The average molecular weight is 238 g/mol. The van der Waals surface area contributed by atoms with E-state index >= 15 is 0 Å². The third-order valence-corrected chi connectivity index (χ3v) is 3.11. The molecule has 0 bridgehead atoms. The lowest BCUT2D eigenvalue weighted by Gasteiger charge is -2.17. The predicted octanol–water partition coefficient (Wildman–Crippen LogP) is 1.81. The van der Waals surface area contributed by atoms with Crippen LogP contribution in [0.25, 0.3) is 11.0 Å². The van der Waals surface area contributed by atoms with Crippen molar-refractivity contribution in [3.8, 4) is 0 Å². The van der Waals surface area contributed by atoms with Gasteiger partial charge in [-0.05, 0) is 6.07 Å². The summed E-state index contributed by atoms with van der Waals surface area (Å²) in [5.74, 6) is -2.00. The number of anilines is 1. The molecule has 3 rings (SSSR count). The zero-order valence-corrected chi connectivity index (χ0v) is 9.40. The zero-order chi connectivity index (χ0) is 12.0. The highest BCUT2D eigenvalue weighted by Crippen LogP contribution is 2.32. The molecule has 0 spiro atoms. The lowest BCUT2D eigenvalue weighted by Crippen LogP contribution is -2.25. The van der Waals surface area contributed by atoms with E-state index in [1.165, 1.54) is 6.33 Å². The SMILES string of the molecule is Cn1ccc2c(N3CCC(F)(F)C3)ncnc21. The molecule has 0 saturated carbocycles. The van der Waals surface area contributed by atoms with Crippen molar-refractivity contribution in [2.45, 2.75) is 12.3 Å². The van der Waals surface area contributed by atoms with E-state index in [0.717, 1.165) is 11.0 Å². The summed E-state index contributed by atoms with van der Waals surface area (Å²) in [4.78, 5) is 9.91. The second-order valence-corrected chi connectivity index (χ2v) is 4.39. The number of aromatic nitrogens is 3. The molecule has 0 amide bonds. The second kappa shape index (κ2) is 3.38. The van der Waals surface area contributed by atoms with Gasteiger partial charge in [-0.25, -0.2) is 18.7 Å². The fourth-order valence-corrected chi connectivity index (χ4v) is 2.23. The molecule has 1 saturated heterocycles. The molecular formula is C11H12F2N4. The molecule has 1 fully saturated rings. The van der Waals surface area contributed by atoms with Gasteiger partial charge < -0.3 is 9.47 Å². The molecule has 90 valence electrons. The molecule has 0 radical (unpaired) electrons. The molecular weight excluding hydrogens is 226 g/mol. The van der Waals surface area contributed by atoms with Crippen molar-refractivity contribution in [1.82, 2.24) is 14.5 Å². The van der Waals surface area contributed by atoms with Crippen molar-refractivity contribution in [3.05, 3.63) is 18.6 Å². The van der Waals surface area contributed by atoms with Gasteiger partial charge >= 0.3 is 0 Å². The number of hydrogen-bond acceptors (Lipinski definition) is 3. The van der Waals surface area contributed by atoms with Gasteiger partial charge in [-0.1, -0.05) is 0 Å². The van der Waals surface area contributed by atoms with E-state index in [9.17, 15) is 8.78 Å². The van der Waals surface area contributed by atoms with Gasteiger partial charge in [-0.2, -0.15) is 0 Å². The summed E-state index contributed by atoms with van der Waals surface area (Å²) in [6.07, 6.45) is 3.18. The first-order chi connectivity index (χ1) is 8.07. The minimum absolute atomic E-state index is 0.106. The Morgan fingerprint density at radius 1 is 1.35 bits per heavy atom. The fraction of sp³-hybridized carbons (Fsp3) is 0.455. The summed E-state index contributed by atoms with van der Waals surface area (Å²) in [6, 6.07) is 1.86. The van der Waals surface area contributed by atoms with Gasteiger partial charge in [0.15, 0.2) is 0 Å². The van der Waals surface area contributed by atoms with Crippen LogP contribution in [-0.4, -0.2) is 33.5 Å². The average Bonchev–Trinajstić information content (AvgIpc) is 2.83. The van der Waals surface area contributed by atoms with Gasteiger partial charge in [0, 0.05) is 26.2 Å². The molecule has 2 aromatic rings. The van der Waals surface area contributed by atoms with Crippen molar-refractivity contribution in [1.29, 1.82) is 0 Å². The zero-order valence-electron chi connectivity index (χ0n) is 9.40. The summed E-state index contributed by atoms with van der Waals surface area (Å²) in [6.45, 7) is 0.0853. The largest absolute Gasteiger partial charge is 0.350 e. The maximum atomic E-state index is 13.2. The highest BCUT2D eigenvalue weighted by atomic mass is 19.3. The maximum absolute atomic E-state index is 13.2. The minimum atomic E-state index is -2.61. The minimum Gasteiger partial charge on any atom is -0.350 e. The molecule has 0 N–H and O–H groups in total. The molecule has 2 aromatic heterocycles. The van der Waals surface area contributed by atoms with E-state index in [0.29, 0.717) is 12.4 Å². The van der Waals surface area contributed by atoms with Crippen LogP contribution in [0.3, 0.4) is 0 Å². The topological polar surface area (TPSA) is 34.0 Å².